The molecular weight excluding hydrogens is 493 g/mol. The van der Waals surface area contributed by atoms with Crippen molar-refractivity contribution in [3.05, 3.63) is 79.0 Å². The maximum atomic E-state index is 14.5. The van der Waals surface area contributed by atoms with Crippen molar-refractivity contribution in [1.29, 1.82) is 0 Å². The number of halogens is 1. The van der Waals surface area contributed by atoms with E-state index in [0.29, 0.717) is 16.8 Å². The molecular formula is C26H20FN7O2S. The van der Waals surface area contributed by atoms with Gasteiger partial charge in [0.2, 0.25) is 0 Å². The maximum absolute atomic E-state index is 14.5. The minimum atomic E-state index is -3.17. The Balaban J connectivity index is 1.44. The lowest BCUT2D eigenvalue weighted by Crippen LogP contribution is -2.06. The first kappa shape index (κ1) is 22.9. The van der Waals surface area contributed by atoms with Crippen LogP contribution in [-0.2, 0) is 16.3 Å². The van der Waals surface area contributed by atoms with Crippen LogP contribution < -0.4 is 0 Å². The first-order valence-electron chi connectivity index (χ1n) is 11.4. The molecule has 2 N–H and O–H groups in total. The third-order valence-electron chi connectivity index (χ3n) is 6.15. The van der Waals surface area contributed by atoms with Gasteiger partial charge < -0.3 is 4.98 Å². The number of aryl methyl sites for hydroxylation is 1. The maximum Gasteiger partial charge on any atom is 0.181 e. The number of benzene rings is 1. The Morgan fingerprint density at radius 1 is 0.865 bits per heavy atom. The summed E-state index contributed by atoms with van der Waals surface area (Å²) in [6, 6.07) is 8.53. The zero-order valence-electron chi connectivity index (χ0n) is 19.6. The fraction of sp³-hybridized carbons (Fsp3) is 0.115. The number of nitrogens with one attached hydrogen (secondary N) is 2. The molecule has 9 nitrogen and oxygen atoms in total. The van der Waals surface area contributed by atoms with E-state index in [1.165, 1.54) is 24.7 Å². The summed E-state index contributed by atoms with van der Waals surface area (Å²) in [5.74, 6) is -0.484. The molecule has 0 aliphatic carbocycles. The van der Waals surface area contributed by atoms with Gasteiger partial charge >= 0.3 is 0 Å². The number of fused-ring (bicyclic) bond motifs is 2. The molecule has 0 amide bonds. The van der Waals surface area contributed by atoms with Crippen LogP contribution in [0, 0.1) is 5.82 Å². The van der Waals surface area contributed by atoms with E-state index in [4.69, 9.17) is 0 Å². The molecule has 0 atom stereocenters. The molecule has 5 heterocycles. The van der Waals surface area contributed by atoms with Crippen molar-refractivity contribution in [2.24, 2.45) is 0 Å². The molecule has 0 bridgehead atoms. The number of sulfone groups is 1. The van der Waals surface area contributed by atoms with Gasteiger partial charge in [-0.1, -0.05) is 6.07 Å². The molecule has 0 aliphatic rings. The van der Waals surface area contributed by atoms with Crippen LogP contribution in [0.3, 0.4) is 0 Å². The van der Waals surface area contributed by atoms with Crippen molar-refractivity contribution in [3.63, 3.8) is 0 Å². The molecule has 0 fully saturated rings. The zero-order chi connectivity index (χ0) is 25.6. The standard InChI is InChI=1S/C26H20FN7O2S/c1-37(35,36)3-2-15-4-16(6-19(27)5-15)22-12-28-13-24-20(22)8-23(32-24)25-21-7-17(11-31-26(21)34-33-25)18-9-29-14-30-10-18/h4-14,32H,2-3H2,1H3,(H,31,33,34). The second-order valence-corrected chi connectivity index (χ2v) is 11.1. The summed E-state index contributed by atoms with van der Waals surface area (Å²) in [5, 5.41) is 9.06. The van der Waals surface area contributed by atoms with Crippen molar-refractivity contribution in [1.82, 2.24) is 35.1 Å². The van der Waals surface area contributed by atoms with E-state index >= 15 is 0 Å². The first-order valence-corrected chi connectivity index (χ1v) is 13.4. The van der Waals surface area contributed by atoms with Crippen LogP contribution in [0.25, 0.3) is 55.6 Å². The number of pyridine rings is 2. The minimum absolute atomic E-state index is 0.0509. The predicted molar refractivity (Wildman–Crippen MR) is 139 cm³/mol. The van der Waals surface area contributed by atoms with E-state index in [1.807, 2.05) is 12.1 Å². The molecule has 37 heavy (non-hydrogen) atoms. The third-order valence-corrected chi connectivity index (χ3v) is 7.09. The quantitative estimate of drug-likeness (QED) is 0.339. The van der Waals surface area contributed by atoms with Gasteiger partial charge in [0, 0.05) is 58.5 Å². The van der Waals surface area contributed by atoms with Gasteiger partial charge in [-0.25, -0.2) is 27.8 Å². The van der Waals surface area contributed by atoms with Gasteiger partial charge in [0.05, 0.1) is 28.9 Å². The number of hydrogen-bond acceptors (Lipinski definition) is 7. The third kappa shape index (κ3) is 4.56. The van der Waals surface area contributed by atoms with Crippen molar-refractivity contribution >= 4 is 31.8 Å². The van der Waals surface area contributed by atoms with Crippen molar-refractivity contribution in [2.45, 2.75) is 6.42 Å². The molecule has 1 aromatic carbocycles. The van der Waals surface area contributed by atoms with Gasteiger partial charge in [-0.3, -0.25) is 10.1 Å². The fourth-order valence-corrected chi connectivity index (χ4v) is 4.99. The van der Waals surface area contributed by atoms with Gasteiger partial charge in [-0.2, -0.15) is 5.10 Å². The summed E-state index contributed by atoms with van der Waals surface area (Å²) in [7, 11) is -3.17. The van der Waals surface area contributed by atoms with E-state index in [-0.39, 0.29) is 12.2 Å². The van der Waals surface area contributed by atoms with E-state index in [9.17, 15) is 12.8 Å². The van der Waals surface area contributed by atoms with Crippen molar-refractivity contribution in [3.8, 4) is 33.6 Å². The number of aromatic nitrogens is 7. The summed E-state index contributed by atoms with van der Waals surface area (Å²) < 4.78 is 37.7. The van der Waals surface area contributed by atoms with Crippen LogP contribution in [0.2, 0.25) is 0 Å². The molecule has 5 aromatic heterocycles. The number of rotatable bonds is 6. The number of H-pyrrole nitrogens is 2. The van der Waals surface area contributed by atoms with E-state index in [2.05, 4.69) is 35.1 Å². The Hall–Kier alpha value is -4.51. The van der Waals surface area contributed by atoms with Gasteiger partial charge in [-0.05, 0) is 41.8 Å². The summed E-state index contributed by atoms with van der Waals surface area (Å²) in [4.78, 5) is 20.3. The van der Waals surface area contributed by atoms with Gasteiger partial charge in [0.1, 0.15) is 22.0 Å². The monoisotopic (exact) mass is 513 g/mol. The fourth-order valence-electron chi connectivity index (χ4n) is 4.38. The minimum Gasteiger partial charge on any atom is -0.352 e. The van der Waals surface area contributed by atoms with Crippen molar-refractivity contribution in [2.75, 3.05) is 12.0 Å². The normalized spacial score (nSPS) is 11.9. The van der Waals surface area contributed by atoms with Crippen LogP contribution in [0.15, 0.2) is 67.6 Å². The lowest BCUT2D eigenvalue weighted by Gasteiger charge is -2.07. The molecule has 0 radical (unpaired) electrons. The average molecular weight is 514 g/mol. The van der Waals surface area contributed by atoms with Crippen LogP contribution in [-0.4, -0.2) is 55.5 Å². The van der Waals surface area contributed by atoms with E-state index in [0.717, 1.165) is 44.4 Å². The lowest BCUT2D eigenvalue weighted by molar-refractivity contribution is 0.600. The smallest absolute Gasteiger partial charge is 0.181 e. The number of aromatic amines is 2. The second kappa shape index (κ2) is 8.86. The van der Waals surface area contributed by atoms with Crippen LogP contribution in [0.1, 0.15) is 5.56 Å². The molecule has 6 aromatic rings. The molecule has 0 saturated carbocycles. The molecule has 0 spiro atoms. The molecule has 184 valence electrons. The lowest BCUT2D eigenvalue weighted by atomic mass is 10.0. The molecule has 0 saturated heterocycles. The van der Waals surface area contributed by atoms with Gasteiger partial charge in [0.25, 0.3) is 0 Å². The Morgan fingerprint density at radius 3 is 2.51 bits per heavy atom. The van der Waals surface area contributed by atoms with E-state index in [1.54, 1.807) is 37.1 Å². The van der Waals surface area contributed by atoms with Gasteiger partial charge in [-0.15, -0.1) is 0 Å². The largest absolute Gasteiger partial charge is 0.352 e. The zero-order valence-corrected chi connectivity index (χ0v) is 20.4. The SMILES string of the molecule is CS(=O)(=O)CCc1cc(F)cc(-c2cncc3[nH]c(-c4[nH]nc5ncc(-c6cncnc6)cc45)cc23)c1. The molecule has 0 aliphatic heterocycles. The predicted octanol–water partition coefficient (Wildman–Crippen LogP) is 4.35. The van der Waals surface area contributed by atoms with Gasteiger partial charge in [0.15, 0.2) is 5.65 Å². The summed E-state index contributed by atoms with van der Waals surface area (Å²) in [5.41, 5.74) is 6.49. The number of nitrogens with zero attached hydrogens (tertiary/aromatic N) is 5. The highest BCUT2D eigenvalue weighted by Gasteiger charge is 2.16. The Bertz CT molecular complexity index is 1880. The molecule has 0 unspecified atom stereocenters. The highest BCUT2D eigenvalue weighted by molar-refractivity contribution is 7.90. The van der Waals surface area contributed by atoms with Crippen molar-refractivity contribution < 1.29 is 12.8 Å². The van der Waals surface area contributed by atoms with Crippen LogP contribution in [0.5, 0.6) is 0 Å². The topological polar surface area (TPSA) is 130 Å². The molecule has 6 rings (SSSR count). The average Bonchev–Trinajstić information content (AvgIpc) is 3.51. The first-order chi connectivity index (χ1) is 17.8. The Morgan fingerprint density at radius 2 is 1.70 bits per heavy atom. The second-order valence-electron chi connectivity index (χ2n) is 8.88. The highest BCUT2D eigenvalue weighted by atomic mass is 32.2. The molecule has 11 heteroatoms. The van der Waals surface area contributed by atoms with Crippen LogP contribution in [0.4, 0.5) is 4.39 Å². The highest BCUT2D eigenvalue weighted by Crippen LogP contribution is 2.34. The van der Waals surface area contributed by atoms with E-state index < -0.39 is 15.7 Å². The number of hydrogen-bond donors (Lipinski definition) is 2. The summed E-state index contributed by atoms with van der Waals surface area (Å²) in [6.45, 7) is 0. The van der Waals surface area contributed by atoms with Crippen LogP contribution >= 0.6 is 0 Å². The summed E-state index contributed by atoms with van der Waals surface area (Å²) >= 11 is 0. The Kier molecular flexibility index (Phi) is 5.49. The summed E-state index contributed by atoms with van der Waals surface area (Å²) in [6.07, 6.45) is 11.4. The Labute approximate surface area is 210 Å².